The van der Waals surface area contributed by atoms with E-state index in [2.05, 4.69) is 52.8 Å². The van der Waals surface area contributed by atoms with Gasteiger partial charge in [-0.25, -0.2) is 0 Å². The minimum atomic E-state index is -0.342. The highest BCUT2D eigenvalue weighted by atomic mass is 35.5. The first-order chi connectivity index (χ1) is 14.9. The SMILES string of the molecule is CC(C)=CCC/C(C)=C/CC/C(C)=C/CCC(C)(Cl)CCc1c(C)c(O)c(C)c(C)c1O. The molecule has 1 atom stereocenters. The average Bonchev–Trinajstić information content (AvgIpc) is 2.70. The third kappa shape index (κ3) is 9.45. The van der Waals surface area contributed by atoms with Crippen LogP contribution >= 0.6 is 11.6 Å². The lowest BCUT2D eigenvalue weighted by atomic mass is 9.90. The zero-order valence-electron chi connectivity index (χ0n) is 21.7. The number of alkyl halides is 1. The molecule has 2 N–H and O–H groups in total. The van der Waals surface area contributed by atoms with Crippen molar-refractivity contribution in [2.45, 2.75) is 112 Å². The maximum absolute atomic E-state index is 10.6. The summed E-state index contributed by atoms with van der Waals surface area (Å²) in [6, 6.07) is 0. The van der Waals surface area contributed by atoms with Crippen molar-refractivity contribution < 1.29 is 10.2 Å². The van der Waals surface area contributed by atoms with Gasteiger partial charge in [-0.2, -0.15) is 0 Å². The molecule has 1 aromatic carbocycles. The Morgan fingerprint density at radius 1 is 0.750 bits per heavy atom. The number of phenols is 2. The molecule has 1 aromatic rings. The van der Waals surface area contributed by atoms with Crippen LogP contribution in [0.5, 0.6) is 11.5 Å². The summed E-state index contributed by atoms with van der Waals surface area (Å²) in [6.45, 7) is 16.4. The summed E-state index contributed by atoms with van der Waals surface area (Å²) in [4.78, 5) is -0.342. The summed E-state index contributed by atoms with van der Waals surface area (Å²) >= 11 is 6.81. The lowest BCUT2D eigenvalue weighted by molar-refractivity contribution is 0.438. The fourth-order valence-corrected chi connectivity index (χ4v) is 4.16. The Hall–Kier alpha value is -1.67. The Kier molecular flexibility index (Phi) is 11.6. The predicted molar refractivity (Wildman–Crippen MR) is 141 cm³/mol. The summed E-state index contributed by atoms with van der Waals surface area (Å²) in [5.41, 5.74) is 7.35. The van der Waals surface area contributed by atoms with Crippen LogP contribution in [0.4, 0.5) is 0 Å². The summed E-state index contributed by atoms with van der Waals surface area (Å²) in [5, 5.41) is 20.9. The highest BCUT2D eigenvalue weighted by molar-refractivity contribution is 6.23. The van der Waals surface area contributed by atoms with Crippen LogP contribution in [0.1, 0.15) is 102 Å². The fourth-order valence-electron chi connectivity index (χ4n) is 3.96. The van der Waals surface area contributed by atoms with Gasteiger partial charge in [-0.3, -0.25) is 0 Å². The van der Waals surface area contributed by atoms with Crippen molar-refractivity contribution >= 4 is 11.6 Å². The average molecular weight is 461 g/mol. The fraction of sp³-hybridized carbons (Fsp3) is 0.586. The molecule has 1 unspecified atom stereocenters. The van der Waals surface area contributed by atoms with Gasteiger partial charge in [0.05, 0.1) is 0 Å². The van der Waals surface area contributed by atoms with Gasteiger partial charge in [-0.05, 0) is 123 Å². The second kappa shape index (κ2) is 13.1. The van der Waals surface area contributed by atoms with Gasteiger partial charge < -0.3 is 10.2 Å². The smallest absolute Gasteiger partial charge is 0.122 e. The van der Waals surface area contributed by atoms with E-state index in [0.29, 0.717) is 12.2 Å². The molecular weight excluding hydrogens is 416 g/mol. The van der Waals surface area contributed by atoms with Gasteiger partial charge in [0.2, 0.25) is 0 Å². The third-order valence-electron chi connectivity index (χ3n) is 6.54. The van der Waals surface area contributed by atoms with Gasteiger partial charge in [-0.15, -0.1) is 11.6 Å². The van der Waals surface area contributed by atoms with Crippen molar-refractivity contribution in [3.8, 4) is 11.5 Å². The standard InChI is InChI=1S/C29H45ClO2/c1-20(2)12-9-13-21(3)14-10-15-22(4)16-11-18-29(8,30)19-17-26-25(7)27(31)23(5)24(6)28(26)32/h12,14,16,31-32H,9-11,13,15,17-19H2,1-8H3/b21-14+,22-16+. The highest BCUT2D eigenvalue weighted by Crippen LogP contribution is 2.38. The van der Waals surface area contributed by atoms with Crippen LogP contribution in [0.15, 0.2) is 34.9 Å². The van der Waals surface area contributed by atoms with E-state index in [1.54, 1.807) is 0 Å². The minimum absolute atomic E-state index is 0.284. The van der Waals surface area contributed by atoms with Gasteiger partial charge >= 0.3 is 0 Å². The van der Waals surface area contributed by atoms with Crippen LogP contribution in [-0.2, 0) is 6.42 Å². The molecule has 0 aliphatic heterocycles. The van der Waals surface area contributed by atoms with Crippen molar-refractivity contribution in [2.24, 2.45) is 0 Å². The second-order valence-corrected chi connectivity index (χ2v) is 10.9. The lowest BCUT2D eigenvalue weighted by Gasteiger charge is -2.23. The van der Waals surface area contributed by atoms with Crippen LogP contribution in [0.3, 0.4) is 0 Å². The zero-order chi connectivity index (χ0) is 24.5. The molecule has 0 aliphatic rings. The first kappa shape index (κ1) is 28.4. The number of benzene rings is 1. The van der Waals surface area contributed by atoms with E-state index in [1.807, 2.05) is 20.8 Å². The molecule has 0 radical (unpaired) electrons. The minimum Gasteiger partial charge on any atom is -0.507 e. The number of allylic oxidation sites excluding steroid dienone is 6. The summed E-state index contributed by atoms with van der Waals surface area (Å²) in [7, 11) is 0. The molecule has 0 fully saturated rings. The highest BCUT2D eigenvalue weighted by Gasteiger charge is 2.23. The number of hydrogen-bond acceptors (Lipinski definition) is 2. The van der Waals surface area contributed by atoms with E-state index in [-0.39, 0.29) is 10.6 Å². The monoisotopic (exact) mass is 460 g/mol. The third-order valence-corrected chi connectivity index (χ3v) is 6.92. The van der Waals surface area contributed by atoms with Crippen molar-refractivity contribution in [2.75, 3.05) is 0 Å². The summed E-state index contributed by atoms with van der Waals surface area (Å²) < 4.78 is 0. The van der Waals surface area contributed by atoms with Crippen molar-refractivity contribution in [3.63, 3.8) is 0 Å². The van der Waals surface area contributed by atoms with Crippen LogP contribution in [-0.4, -0.2) is 15.1 Å². The Morgan fingerprint density at radius 2 is 1.25 bits per heavy atom. The van der Waals surface area contributed by atoms with Crippen LogP contribution in [0.2, 0.25) is 0 Å². The van der Waals surface area contributed by atoms with Gasteiger partial charge in [0, 0.05) is 10.4 Å². The van der Waals surface area contributed by atoms with Crippen molar-refractivity contribution in [1.29, 1.82) is 0 Å². The molecule has 180 valence electrons. The molecule has 3 heteroatoms. The number of halogens is 1. The number of aromatic hydroxyl groups is 2. The maximum atomic E-state index is 10.6. The predicted octanol–water partition coefficient (Wildman–Crippen LogP) is 9.15. The van der Waals surface area contributed by atoms with Crippen LogP contribution in [0, 0.1) is 20.8 Å². The van der Waals surface area contributed by atoms with E-state index in [1.165, 1.54) is 16.7 Å². The number of phenolic OH excluding ortho intramolecular Hbond substituents is 2. The van der Waals surface area contributed by atoms with E-state index in [4.69, 9.17) is 11.6 Å². The lowest BCUT2D eigenvalue weighted by Crippen LogP contribution is -2.17. The van der Waals surface area contributed by atoms with Gasteiger partial charge in [-0.1, -0.05) is 34.9 Å². The molecule has 0 aromatic heterocycles. The molecule has 0 heterocycles. The summed E-state index contributed by atoms with van der Waals surface area (Å²) in [6.07, 6.45) is 14.7. The Bertz CT molecular complexity index is 823. The molecule has 0 saturated heterocycles. The van der Waals surface area contributed by atoms with Crippen molar-refractivity contribution in [3.05, 3.63) is 57.2 Å². The molecule has 0 bridgehead atoms. The van der Waals surface area contributed by atoms with E-state index >= 15 is 0 Å². The van der Waals surface area contributed by atoms with E-state index in [9.17, 15) is 10.2 Å². The zero-order valence-corrected chi connectivity index (χ0v) is 22.4. The molecule has 0 aliphatic carbocycles. The van der Waals surface area contributed by atoms with Gasteiger partial charge in [0.15, 0.2) is 0 Å². The molecule has 1 rings (SSSR count). The topological polar surface area (TPSA) is 40.5 Å². The Morgan fingerprint density at radius 3 is 1.81 bits per heavy atom. The first-order valence-corrected chi connectivity index (χ1v) is 12.4. The van der Waals surface area contributed by atoms with Gasteiger partial charge in [0.25, 0.3) is 0 Å². The normalized spacial score (nSPS) is 14.4. The molecule has 32 heavy (non-hydrogen) atoms. The second-order valence-electron chi connectivity index (χ2n) is 9.96. The molecule has 0 spiro atoms. The van der Waals surface area contributed by atoms with E-state index < -0.39 is 0 Å². The molecule has 2 nitrogen and oxygen atoms in total. The van der Waals surface area contributed by atoms with Crippen LogP contribution in [0.25, 0.3) is 0 Å². The molecule has 0 amide bonds. The largest absolute Gasteiger partial charge is 0.507 e. The van der Waals surface area contributed by atoms with Crippen molar-refractivity contribution in [1.82, 2.24) is 0 Å². The Labute approximate surface area is 202 Å². The number of rotatable bonds is 12. The number of hydrogen-bond donors (Lipinski definition) is 2. The van der Waals surface area contributed by atoms with Crippen LogP contribution < -0.4 is 0 Å². The summed E-state index contributed by atoms with van der Waals surface area (Å²) in [5.74, 6) is 0.580. The first-order valence-electron chi connectivity index (χ1n) is 12.0. The van der Waals surface area contributed by atoms with Gasteiger partial charge in [0.1, 0.15) is 11.5 Å². The quantitative estimate of drug-likeness (QED) is 0.185. The maximum Gasteiger partial charge on any atom is 0.122 e. The molecule has 0 saturated carbocycles. The van der Waals surface area contributed by atoms with E-state index in [0.717, 1.165) is 67.2 Å². The molecular formula is C29H45ClO2. The Balaban J connectivity index is 2.53.